The molecular formula is C16H21NOS. The van der Waals surface area contributed by atoms with Gasteiger partial charge < -0.3 is 10.4 Å². The summed E-state index contributed by atoms with van der Waals surface area (Å²) in [6.07, 6.45) is 0.544. The van der Waals surface area contributed by atoms with Gasteiger partial charge in [0, 0.05) is 22.3 Å². The smallest absolute Gasteiger partial charge is 0.0526 e. The average molecular weight is 275 g/mol. The van der Waals surface area contributed by atoms with E-state index >= 15 is 0 Å². The highest BCUT2D eigenvalue weighted by Gasteiger charge is 2.07. The Hall–Kier alpha value is -1.16. The van der Waals surface area contributed by atoms with Crippen LogP contribution in [0.5, 0.6) is 0 Å². The lowest BCUT2D eigenvalue weighted by molar-refractivity contribution is 0.170. The number of nitrogens with one attached hydrogen (secondary N) is 1. The minimum absolute atomic E-state index is 0.245. The molecule has 102 valence electrons. The minimum Gasteiger partial charge on any atom is -0.393 e. The molecule has 1 heterocycles. The standard InChI is InChI=1S/C16H21NOS/c1-12(10-13(2)18)17-11-15-8-9-16(19-15)14-6-4-3-5-7-14/h3-9,12-13,17-18H,10-11H2,1-2H3. The maximum Gasteiger partial charge on any atom is 0.0526 e. The van der Waals surface area contributed by atoms with Gasteiger partial charge in [0.05, 0.1) is 6.10 Å². The van der Waals surface area contributed by atoms with E-state index in [2.05, 4.69) is 48.6 Å². The van der Waals surface area contributed by atoms with Gasteiger partial charge in [0.2, 0.25) is 0 Å². The van der Waals surface area contributed by atoms with Crippen molar-refractivity contribution in [1.29, 1.82) is 0 Å². The summed E-state index contributed by atoms with van der Waals surface area (Å²) in [5, 5.41) is 12.8. The monoisotopic (exact) mass is 275 g/mol. The normalized spacial score (nSPS) is 14.3. The summed E-state index contributed by atoms with van der Waals surface area (Å²) in [5.41, 5.74) is 1.27. The molecule has 2 nitrogen and oxygen atoms in total. The molecule has 1 aromatic carbocycles. The number of hydrogen-bond donors (Lipinski definition) is 2. The summed E-state index contributed by atoms with van der Waals surface area (Å²) in [4.78, 5) is 2.64. The van der Waals surface area contributed by atoms with Crippen LogP contribution in [-0.2, 0) is 6.54 Å². The Morgan fingerprint density at radius 1 is 1.11 bits per heavy atom. The van der Waals surface area contributed by atoms with Crippen molar-refractivity contribution < 1.29 is 5.11 Å². The first-order valence-corrected chi connectivity index (χ1v) is 7.52. The fourth-order valence-corrected chi connectivity index (χ4v) is 3.06. The summed E-state index contributed by atoms with van der Waals surface area (Å²) in [6, 6.07) is 15.1. The highest BCUT2D eigenvalue weighted by atomic mass is 32.1. The van der Waals surface area contributed by atoms with Crippen molar-refractivity contribution in [3.8, 4) is 10.4 Å². The number of hydrogen-bond acceptors (Lipinski definition) is 3. The lowest BCUT2D eigenvalue weighted by atomic mass is 10.1. The Balaban J connectivity index is 1.91. The average Bonchev–Trinajstić information content (AvgIpc) is 2.85. The van der Waals surface area contributed by atoms with Crippen molar-refractivity contribution in [2.24, 2.45) is 0 Å². The summed E-state index contributed by atoms with van der Waals surface area (Å²) < 4.78 is 0. The molecule has 2 aromatic rings. The maximum atomic E-state index is 9.34. The Morgan fingerprint density at radius 2 is 1.84 bits per heavy atom. The second kappa shape index (κ2) is 6.85. The van der Waals surface area contributed by atoms with Crippen molar-refractivity contribution in [1.82, 2.24) is 5.32 Å². The van der Waals surface area contributed by atoms with Crippen molar-refractivity contribution in [3.63, 3.8) is 0 Å². The van der Waals surface area contributed by atoms with Gasteiger partial charge in [-0.2, -0.15) is 0 Å². The van der Waals surface area contributed by atoms with Crippen molar-refractivity contribution >= 4 is 11.3 Å². The molecule has 0 saturated heterocycles. The van der Waals surface area contributed by atoms with Crippen LogP contribution in [-0.4, -0.2) is 17.3 Å². The number of benzene rings is 1. The van der Waals surface area contributed by atoms with Gasteiger partial charge in [0.25, 0.3) is 0 Å². The fourth-order valence-electron chi connectivity index (χ4n) is 2.10. The third-order valence-electron chi connectivity index (χ3n) is 3.04. The maximum absolute atomic E-state index is 9.34. The first-order chi connectivity index (χ1) is 9.15. The van der Waals surface area contributed by atoms with Crippen molar-refractivity contribution in [2.45, 2.75) is 39.0 Å². The first kappa shape index (κ1) is 14.3. The van der Waals surface area contributed by atoms with Gasteiger partial charge in [-0.25, -0.2) is 0 Å². The van der Waals surface area contributed by atoms with Crippen molar-refractivity contribution in [3.05, 3.63) is 47.3 Å². The number of thiophene rings is 1. The molecule has 2 atom stereocenters. The Morgan fingerprint density at radius 3 is 2.53 bits per heavy atom. The zero-order valence-corrected chi connectivity index (χ0v) is 12.3. The summed E-state index contributed by atoms with van der Waals surface area (Å²) in [7, 11) is 0. The van der Waals surface area contributed by atoms with Crippen LogP contribution in [0.2, 0.25) is 0 Å². The number of rotatable bonds is 6. The molecule has 0 aliphatic carbocycles. The lowest BCUT2D eigenvalue weighted by Gasteiger charge is -2.14. The third-order valence-corrected chi connectivity index (χ3v) is 4.17. The molecule has 0 fully saturated rings. The summed E-state index contributed by atoms with van der Waals surface area (Å²) in [6.45, 7) is 4.81. The highest BCUT2D eigenvalue weighted by molar-refractivity contribution is 7.15. The molecule has 2 rings (SSSR count). The van der Waals surface area contributed by atoms with E-state index in [4.69, 9.17) is 0 Å². The van der Waals surface area contributed by atoms with Crippen LogP contribution in [0, 0.1) is 0 Å². The largest absolute Gasteiger partial charge is 0.393 e. The highest BCUT2D eigenvalue weighted by Crippen LogP contribution is 2.27. The summed E-state index contributed by atoms with van der Waals surface area (Å²) in [5.74, 6) is 0. The quantitative estimate of drug-likeness (QED) is 0.843. The van der Waals surface area contributed by atoms with E-state index in [0.717, 1.165) is 13.0 Å². The second-order valence-electron chi connectivity index (χ2n) is 5.00. The zero-order valence-electron chi connectivity index (χ0n) is 11.5. The number of aliphatic hydroxyl groups excluding tert-OH is 1. The predicted molar refractivity (Wildman–Crippen MR) is 82.4 cm³/mol. The predicted octanol–water partition coefficient (Wildman–Crippen LogP) is 3.66. The lowest BCUT2D eigenvalue weighted by Crippen LogP contribution is -2.28. The molecule has 0 radical (unpaired) electrons. The van der Waals surface area contributed by atoms with E-state index < -0.39 is 0 Å². The zero-order chi connectivity index (χ0) is 13.7. The molecule has 2 unspecified atom stereocenters. The summed E-state index contributed by atoms with van der Waals surface area (Å²) >= 11 is 1.82. The molecule has 2 N–H and O–H groups in total. The third kappa shape index (κ3) is 4.46. The van der Waals surface area contributed by atoms with Crippen LogP contribution in [0.3, 0.4) is 0 Å². The molecule has 0 saturated carbocycles. The molecule has 0 spiro atoms. The molecule has 1 aromatic heterocycles. The van der Waals surface area contributed by atoms with Gasteiger partial charge in [-0.15, -0.1) is 11.3 Å². The van der Waals surface area contributed by atoms with Gasteiger partial charge in [-0.1, -0.05) is 30.3 Å². The molecule has 0 aliphatic heterocycles. The van der Waals surface area contributed by atoms with Gasteiger partial charge in [0.15, 0.2) is 0 Å². The van der Waals surface area contributed by atoms with Gasteiger partial charge in [0.1, 0.15) is 0 Å². The Kier molecular flexibility index (Phi) is 5.14. The Labute approximate surface area is 119 Å². The molecule has 19 heavy (non-hydrogen) atoms. The van der Waals surface area contributed by atoms with Crippen LogP contribution < -0.4 is 5.32 Å². The molecule has 0 bridgehead atoms. The van der Waals surface area contributed by atoms with E-state index in [1.165, 1.54) is 15.3 Å². The molecular weight excluding hydrogens is 254 g/mol. The molecule has 0 amide bonds. The topological polar surface area (TPSA) is 32.3 Å². The van der Waals surface area contributed by atoms with E-state index in [0.29, 0.717) is 6.04 Å². The molecule has 0 aliphatic rings. The van der Waals surface area contributed by atoms with Crippen LogP contribution in [0.15, 0.2) is 42.5 Å². The fraction of sp³-hybridized carbons (Fsp3) is 0.375. The van der Waals surface area contributed by atoms with Gasteiger partial charge >= 0.3 is 0 Å². The van der Waals surface area contributed by atoms with Crippen LogP contribution in [0.25, 0.3) is 10.4 Å². The Bertz CT molecular complexity index is 492. The van der Waals surface area contributed by atoms with Crippen molar-refractivity contribution in [2.75, 3.05) is 0 Å². The van der Waals surface area contributed by atoms with Crippen LogP contribution in [0.4, 0.5) is 0 Å². The minimum atomic E-state index is -0.245. The van der Waals surface area contributed by atoms with E-state index in [9.17, 15) is 5.11 Å². The van der Waals surface area contributed by atoms with Gasteiger partial charge in [-0.3, -0.25) is 0 Å². The number of aliphatic hydroxyl groups is 1. The van der Waals surface area contributed by atoms with E-state index in [1.807, 2.05) is 24.3 Å². The molecule has 3 heteroatoms. The SMILES string of the molecule is CC(O)CC(C)NCc1ccc(-c2ccccc2)s1. The van der Waals surface area contributed by atoms with Crippen LogP contribution >= 0.6 is 11.3 Å². The second-order valence-corrected chi connectivity index (χ2v) is 6.17. The van der Waals surface area contributed by atoms with E-state index in [1.54, 1.807) is 0 Å². The first-order valence-electron chi connectivity index (χ1n) is 6.70. The van der Waals surface area contributed by atoms with Crippen LogP contribution in [0.1, 0.15) is 25.1 Å². The van der Waals surface area contributed by atoms with Gasteiger partial charge in [-0.05, 0) is 38.0 Å². The van der Waals surface area contributed by atoms with E-state index in [-0.39, 0.29) is 6.10 Å².